The number of hydrogen-bond acceptors (Lipinski definition) is 12. The predicted molar refractivity (Wildman–Crippen MR) is 186 cm³/mol. The molecule has 7 N–H and O–H groups in total. The Labute approximate surface area is 296 Å². The molecule has 0 bridgehead atoms. The number of carbonyl (C=O) groups is 6. The van der Waals surface area contributed by atoms with Gasteiger partial charge in [-0.2, -0.15) is 5.90 Å². The number of nitrogens with zero attached hydrogens (tertiary/aromatic N) is 4. The molecule has 0 aromatic carbocycles. The summed E-state index contributed by atoms with van der Waals surface area (Å²) in [4.78, 5) is 83.6. The molecule has 0 aromatic heterocycles. The van der Waals surface area contributed by atoms with Crippen molar-refractivity contribution < 1.29 is 38.3 Å². The topological polar surface area (TPSA) is 224 Å². The Morgan fingerprint density at radius 1 is 0.800 bits per heavy atom. The molecule has 0 aliphatic heterocycles. The predicted octanol–water partition coefficient (Wildman–Crippen LogP) is 1.75. The van der Waals surface area contributed by atoms with Gasteiger partial charge in [0.15, 0.2) is 5.78 Å². The molecule has 0 radical (unpaired) electrons. The van der Waals surface area contributed by atoms with Gasteiger partial charge in [-0.05, 0) is 70.6 Å². The van der Waals surface area contributed by atoms with Crippen LogP contribution in [-0.4, -0.2) is 112 Å². The highest BCUT2D eigenvalue weighted by molar-refractivity contribution is 5.93. The van der Waals surface area contributed by atoms with Crippen molar-refractivity contribution >= 4 is 35.6 Å². The van der Waals surface area contributed by atoms with Crippen LogP contribution in [0.25, 0.3) is 0 Å². The molecule has 16 nitrogen and oxygen atoms in total. The van der Waals surface area contributed by atoms with Gasteiger partial charge in [0.1, 0.15) is 0 Å². The molecule has 2 aliphatic rings. The van der Waals surface area contributed by atoms with Gasteiger partial charge in [0, 0.05) is 25.6 Å². The maximum Gasteiger partial charge on any atom is 0.348 e. The Morgan fingerprint density at radius 3 is 2.00 bits per heavy atom. The number of rotatable bonds is 18. The van der Waals surface area contributed by atoms with Crippen LogP contribution in [0, 0.1) is 11.8 Å². The second-order valence-electron chi connectivity index (χ2n) is 14.8. The summed E-state index contributed by atoms with van der Waals surface area (Å²) < 4.78 is 4.61. The summed E-state index contributed by atoms with van der Waals surface area (Å²) in [5.41, 5.74) is -0.988. The zero-order valence-corrected chi connectivity index (χ0v) is 31.0. The first kappa shape index (κ1) is 42.8. The van der Waals surface area contributed by atoms with Crippen molar-refractivity contribution in [3.8, 4) is 0 Å². The molecule has 2 atom stereocenters. The standard InChI is InChI=1S/C34H62N8O8/c1-23(2)17-19-39(30(45)22-40(20-18-32(47)50-37)29(44)15-16-31(46)49-6)21-28(43)34(4,5)38-25-11-13-26(14-12-25)41(35)33(48)42(36)27-10-8-7-9-24(27)3/h23-27,38H,7-22,35-37H2,1-6H3. The van der Waals surface area contributed by atoms with Crippen LogP contribution in [0.3, 0.4) is 0 Å². The molecule has 0 aromatic rings. The second kappa shape index (κ2) is 20.5. The van der Waals surface area contributed by atoms with Crippen molar-refractivity contribution in [1.29, 1.82) is 0 Å². The summed E-state index contributed by atoms with van der Waals surface area (Å²) in [7, 11) is 1.21. The van der Waals surface area contributed by atoms with E-state index < -0.39 is 35.8 Å². The first-order valence-corrected chi connectivity index (χ1v) is 17.9. The molecule has 16 heteroatoms. The number of ketones is 1. The van der Waals surface area contributed by atoms with E-state index in [4.69, 9.17) is 17.6 Å². The van der Waals surface area contributed by atoms with E-state index in [1.54, 1.807) is 13.8 Å². The van der Waals surface area contributed by atoms with Crippen LogP contribution in [0.15, 0.2) is 0 Å². The summed E-state index contributed by atoms with van der Waals surface area (Å²) in [6.07, 6.45) is 6.73. The number of Topliss-reactive ketones (excluding diaryl/α,β-unsaturated/α-hetero) is 1. The van der Waals surface area contributed by atoms with Crippen LogP contribution in [0.1, 0.15) is 112 Å². The molecular formula is C34H62N8O8. The number of esters is 1. The highest BCUT2D eigenvalue weighted by Crippen LogP contribution is 2.29. The lowest BCUT2D eigenvalue weighted by atomic mass is 9.85. The molecule has 50 heavy (non-hydrogen) atoms. The summed E-state index contributed by atoms with van der Waals surface area (Å²) >= 11 is 0. The maximum absolute atomic E-state index is 13.7. The summed E-state index contributed by atoms with van der Waals surface area (Å²) in [6, 6.07) is -0.571. The van der Waals surface area contributed by atoms with Gasteiger partial charge in [-0.25, -0.2) is 16.5 Å². The quantitative estimate of drug-likeness (QED) is 0.0691. The van der Waals surface area contributed by atoms with Gasteiger partial charge < -0.3 is 24.7 Å². The molecule has 2 unspecified atom stereocenters. The van der Waals surface area contributed by atoms with Crippen LogP contribution < -0.4 is 22.9 Å². The SMILES string of the molecule is COC(=O)CCC(=O)N(CCC(=O)ON)CC(=O)N(CCC(C)C)CC(=O)C(C)(C)NC1CCC(N(N)C(=O)N(N)C2CCCCC2C)CC1. The fourth-order valence-electron chi connectivity index (χ4n) is 6.62. The van der Waals surface area contributed by atoms with E-state index in [1.807, 2.05) is 13.8 Å². The summed E-state index contributed by atoms with van der Waals surface area (Å²) in [5, 5.41) is 6.05. The van der Waals surface area contributed by atoms with Crippen LogP contribution in [-0.2, 0) is 33.5 Å². The third kappa shape index (κ3) is 13.4. The van der Waals surface area contributed by atoms with Gasteiger partial charge in [0.25, 0.3) is 0 Å². The third-order valence-corrected chi connectivity index (χ3v) is 10.0. The highest BCUT2D eigenvalue weighted by Gasteiger charge is 2.37. The molecule has 0 spiro atoms. The minimum Gasteiger partial charge on any atom is -0.469 e. The van der Waals surface area contributed by atoms with E-state index >= 15 is 0 Å². The van der Waals surface area contributed by atoms with Gasteiger partial charge >= 0.3 is 18.0 Å². The van der Waals surface area contributed by atoms with E-state index in [0.717, 1.165) is 25.7 Å². The number of hydrazine groups is 2. The first-order chi connectivity index (χ1) is 23.5. The number of ether oxygens (including phenoxy) is 1. The molecule has 2 aliphatic carbocycles. The highest BCUT2D eigenvalue weighted by atomic mass is 16.7. The number of hydrogen-bond donors (Lipinski definition) is 4. The van der Waals surface area contributed by atoms with Crippen LogP contribution in [0.5, 0.6) is 0 Å². The number of nitrogens with two attached hydrogens (primary N) is 3. The molecular weight excluding hydrogens is 648 g/mol. The van der Waals surface area contributed by atoms with Crippen LogP contribution in [0.2, 0.25) is 0 Å². The van der Waals surface area contributed by atoms with Crippen molar-refractivity contribution in [3.63, 3.8) is 0 Å². The number of carbonyl (C=O) groups excluding carboxylic acids is 6. The van der Waals surface area contributed by atoms with Crippen molar-refractivity contribution in [2.45, 2.75) is 135 Å². The average Bonchev–Trinajstić information content (AvgIpc) is 3.09. The second-order valence-corrected chi connectivity index (χ2v) is 14.8. The molecule has 0 heterocycles. The Bertz CT molecular complexity index is 1160. The number of urea groups is 1. The maximum atomic E-state index is 13.7. The van der Waals surface area contributed by atoms with Gasteiger partial charge in [0.05, 0.1) is 50.7 Å². The van der Waals surface area contributed by atoms with Crippen molar-refractivity contribution in [2.24, 2.45) is 29.4 Å². The average molecular weight is 711 g/mol. The molecule has 4 amide bonds. The first-order valence-electron chi connectivity index (χ1n) is 17.9. The van der Waals surface area contributed by atoms with Gasteiger partial charge in [0.2, 0.25) is 11.8 Å². The fraction of sp³-hybridized carbons (Fsp3) is 0.824. The van der Waals surface area contributed by atoms with E-state index in [0.29, 0.717) is 38.0 Å². The van der Waals surface area contributed by atoms with E-state index in [9.17, 15) is 28.8 Å². The molecule has 2 fully saturated rings. The van der Waals surface area contributed by atoms with Gasteiger partial charge in [-0.1, -0.05) is 33.6 Å². The minimum absolute atomic E-state index is 0.00825. The van der Waals surface area contributed by atoms with E-state index in [-0.39, 0.29) is 74.8 Å². The normalized spacial score (nSPS) is 20.8. The lowest BCUT2D eigenvalue weighted by Gasteiger charge is -2.41. The van der Waals surface area contributed by atoms with Crippen molar-refractivity contribution in [1.82, 2.24) is 25.1 Å². The van der Waals surface area contributed by atoms with E-state index in [1.165, 1.54) is 26.9 Å². The molecule has 2 rings (SSSR count). The number of nitrogens with one attached hydrogen (secondary N) is 1. The van der Waals surface area contributed by atoms with Crippen molar-refractivity contribution in [2.75, 3.05) is 33.3 Å². The smallest absolute Gasteiger partial charge is 0.348 e. The fourth-order valence-corrected chi connectivity index (χ4v) is 6.62. The Hall–Kier alpha value is -3.34. The van der Waals surface area contributed by atoms with Crippen molar-refractivity contribution in [3.05, 3.63) is 0 Å². The number of methoxy groups -OCH3 is 1. The Balaban J connectivity index is 2.03. The lowest BCUT2D eigenvalue weighted by molar-refractivity contribution is -0.148. The molecule has 286 valence electrons. The zero-order chi connectivity index (χ0) is 37.6. The third-order valence-electron chi connectivity index (χ3n) is 10.0. The van der Waals surface area contributed by atoms with Gasteiger partial charge in [-0.3, -0.25) is 34.0 Å². The largest absolute Gasteiger partial charge is 0.469 e. The zero-order valence-electron chi connectivity index (χ0n) is 31.0. The Morgan fingerprint density at radius 2 is 1.42 bits per heavy atom. The van der Waals surface area contributed by atoms with Crippen LogP contribution in [0.4, 0.5) is 4.79 Å². The summed E-state index contributed by atoms with van der Waals surface area (Å²) in [6.45, 7) is 9.24. The minimum atomic E-state index is -0.988. The molecule has 2 saturated carbocycles. The van der Waals surface area contributed by atoms with Crippen LogP contribution >= 0.6 is 0 Å². The monoisotopic (exact) mass is 710 g/mol. The lowest BCUT2D eigenvalue weighted by Crippen LogP contribution is -2.60. The van der Waals surface area contributed by atoms with Gasteiger partial charge in [-0.15, -0.1) is 0 Å². The molecule has 0 saturated heterocycles. The number of amides is 4. The Kier molecular flexibility index (Phi) is 17.6. The van der Waals surface area contributed by atoms with E-state index in [2.05, 4.69) is 21.8 Å². The summed E-state index contributed by atoms with van der Waals surface area (Å²) in [5.74, 6) is 15.5.